The van der Waals surface area contributed by atoms with E-state index in [-0.39, 0.29) is 12.1 Å². The van der Waals surface area contributed by atoms with Gasteiger partial charge in [0.25, 0.3) is 0 Å². The lowest BCUT2D eigenvalue weighted by Gasteiger charge is -2.27. The lowest BCUT2D eigenvalue weighted by atomic mass is 10.2. The summed E-state index contributed by atoms with van der Waals surface area (Å²) in [5.41, 5.74) is 1.94. The van der Waals surface area contributed by atoms with Crippen LogP contribution in [0.3, 0.4) is 0 Å². The van der Waals surface area contributed by atoms with Crippen molar-refractivity contribution in [3.63, 3.8) is 0 Å². The number of aliphatic hydroxyl groups excluding tert-OH is 1. The molecule has 0 aromatic heterocycles. The summed E-state index contributed by atoms with van der Waals surface area (Å²) < 4.78 is 0. The fourth-order valence-corrected chi connectivity index (χ4v) is 2.71. The van der Waals surface area contributed by atoms with Crippen molar-refractivity contribution in [2.45, 2.75) is 39.3 Å². The van der Waals surface area contributed by atoms with Gasteiger partial charge in [-0.1, -0.05) is 0 Å². The molecule has 2 rings (SSSR count). The molecule has 1 heterocycles. The zero-order chi connectivity index (χ0) is 15.4. The van der Waals surface area contributed by atoms with Crippen molar-refractivity contribution < 1.29 is 9.90 Å². The molecule has 1 atom stereocenters. The minimum Gasteiger partial charge on any atom is -0.391 e. The topological polar surface area (TPSA) is 55.8 Å². The van der Waals surface area contributed by atoms with Crippen LogP contribution in [-0.2, 0) is 0 Å². The van der Waals surface area contributed by atoms with E-state index in [1.165, 1.54) is 0 Å². The highest BCUT2D eigenvalue weighted by Gasteiger charge is 2.24. The minimum absolute atomic E-state index is 0.143. The molecule has 1 aromatic rings. The number of anilines is 2. The number of carbonyl (C=O) groups excluding carboxylic acids is 1. The SMILES string of the molecule is CCN(c1ccc(NC(=O)N2CC[C@H](O)C2)cc1)C(C)C. The van der Waals surface area contributed by atoms with E-state index >= 15 is 0 Å². The van der Waals surface area contributed by atoms with E-state index in [9.17, 15) is 9.90 Å². The first-order valence-electron chi connectivity index (χ1n) is 7.62. The summed E-state index contributed by atoms with van der Waals surface area (Å²) in [5, 5.41) is 12.3. The Balaban J connectivity index is 1.97. The number of hydrogen-bond donors (Lipinski definition) is 2. The maximum absolute atomic E-state index is 12.0. The van der Waals surface area contributed by atoms with Gasteiger partial charge in [-0.05, 0) is 51.5 Å². The van der Waals surface area contributed by atoms with Crippen LogP contribution in [0.15, 0.2) is 24.3 Å². The predicted molar refractivity (Wildman–Crippen MR) is 85.8 cm³/mol. The quantitative estimate of drug-likeness (QED) is 0.896. The third-order valence-electron chi connectivity index (χ3n) is 3.86. The number of amides is 2. The van der Waals surface area contributed by atoms with Crippen molar-refractivity contribution in [1.82, 2.24) is 4.90 Å². The van der Waals surface area contributed by atoms with Gasteiger partial charge in [-0.25, -0.2) is 4.79 Å². The van der Waals surface area contributed by atoms with Crippen molar-refractivity contribution in [3.05, 3.63) is 24.3 Å². The second-order valence-corrected chi connectivity index (χ2v) is 5.75. The molecule has 1 fully saturated rings. The Bertz CT molecular complexity index is 473. The minimum atomic E-state index is -0.387. The monoisotopic (exact) mass is 291 g/mol. The van der Waals surface area contributed by atoms with Crippen LogP contribution in [0.2, 0.25) is 0 Å². The molecule has 0 saturated carbocycles. The summed E-state index contributed by atoms with van der Waals surface area (Å²) >= 11 is 0. The van der Waals surface area contributed by atoms with Gasteiger partial charge in [0.2, 0.25) is 0 Å². The van der Waals surface area contributed by atoms with E-state index in [0.717, 1.165) is 17.9 Å². The molecule has 0 spiro atoms. The van der Waals surface area contributed by atoms with Gasteiger partial charge in [-0.2, -0.15) is 0 Å². The molecule has 5 heteroatoms. The van der Waals surface area contributed by atoms with Crippen LogP contribution in [0.4, 0.5) is 16.2 Å². The summed E-state index contributed by atoms with van der Waals surface area (Å²) in [6, 6.07) is 8.20. The Kier molecular flexibility index (Phi) is 5.07. The van der Waals surface area contributed by atoms with Gasteiger partial charge in [0.1, 0.15) is 0 Å². The Morgan fingerprint density at radius 1 is 1.43 bits per heavy atom. The van der Waals surface area contributed by atoms with E-state index in [2.05, 4.69) is 31.0 Å². The molecule has 2 N–H and O–H groups in total. The second kappa shape index (κ2) is 6.80. The van der Waals surface area contributed by atoms with Crippen LogP contribution in [0.25, 0.3) is 0 Å². The average molecular weight is 291 g/mol. The zero-order valence-corrected chi connectivity index (χ0v) is 13.0. The van der Waals surface area contributed by atoms with Crippen LogP contribution < -0.4 is 10.2 Å². The van der Waals surface area contributed by atoms with E-state index in [1.54, 1.807) is 4.90 Å². The third-order valence-corrected chi connectivity index (χ3v) is 3.86. The summed E-state index contributed by atoms with van der Waals surface area (Å²) in [7, 11) is 0. The van der Waals surface area contributed by atoms with E-state index in [4.69, 9.17) is 0 Å². The number of rotatable bonds is 4. The van der Waals surface area contributed by atoms with Crippen LogP contribution >= 0.6 is 0 Å². The van der Waals surface area contributed by atoms with Crippen molar-refractivity contribution in [2.24, 2.45) is 0 Å². The largest absolute Gasteiger partial charge is 0.391 e. The second-order valence-electron chi connectivity index (χ2n) is 5.75. The highest BCUT2D eigenvalue weighted by Crippen LogP contribution is 2.20. The highest BCUT2D eigenvalue weighted by atomic mass is 16.3. The fourth-order valence-electron chi connectivity index (χ4n) is 2.71. The van der Waals surface area contributed by atoms with Crippen molar-refractivity contribution in [2.75, 3.05) is 29.9 Å². The summed E-state index contributed by atoms with van der Waals surface area (Å²) in [6.07, 6.45) is 0.272. The van der Waals surface area contributed by atoms with Crippen LogP contribution in [0, 0.1) is 0 Å². The molecular formula is C16H25N3O2. The number of likely N-dealkylation sites (tertiary alicyclic amines) is 1. The van der Waals surface area contributed by atoms with Gasteiger partial charge in [0.05, 0.1) is 6.10 Å². The van der Waals surface area contributed by atoms with Gasteiger partial charge in [-0.15, -0.1) is 0 Å². The van der Waals surface area contributed by atoms with E-state index < -0.39 is 0 Å². The molecular weight excluding hydrogens is 266 g/mol. The average Bonchev–Trinajstić information content (AvgIpc) is 2.88. The summed E-state index contributed by atoms with van der Waals surface area (Å²) in [4.78, 5) is 16.0. The molecule has 2 amide bonds. The van der Waals surface area contributed by atoms with Crippen LogP contribution in [0.1, 0.15) is 27.2 Å². The summed E-state index contributed by atoms with van der Waals surface area (Å²) in [5.74, 6) is 0. The Morgan fingerprint density at radius 3 is 2.57 bits per heavy atom. The number of nitrogens with zero attached hydrogens (tertiary/aromatic N) is 2. The number of nitrogens with one attached hydrogen (secondary N) is 1. The Morgan fingerprint density at radius 2 is 2.10 bits per heavy atom. The number of aliphatic hydroxyl groups is 1. The highest BCUT2D eigenvalue weighted by molar-refractivity contribution is 5.89. The van der Waals surface area contributed by atoms with Gasteiger partial charge >= 0.3 is 6.03 Å². The normalized spacial score (nSPS) is 18.1. The van der Waals surface area contributed by atoms with Crippen molar-refractivity contribution >= 4 is 17.4 Å². The van der Waals surface area contributed by atoms with Crippen molar-refractivity contribution in [3.8, 4) is 0 Å². The summed E-state index contributed by atoms with van der Waals surface area (Å²) in [6.45, 7) is 8.45. The molecule has 0 unspecified atom stereocenters. The lowest BCUT2D eigenvalue weighted by Crippen LogP contribution is -2.33. The van der Waals surface area contributed by atoms with Gasteiger partial charge in [0, 0.05) is 37.1 Å². The van der Waals surface area contributed by atoms with Crippen LogP contribution in [0.5, 0.6) is 0 Å². The smallest absolute Gasteiger partial charge is 0.321 e. The van der Waals surface area contributed by atoms with E-state index in [0.29, 0.717) is 25.6 Å². The molecule has 116 valence electrons. The molecule has 0 aliphatic carbocycles. The number of carbonyl (C=O) groups is 1. The van der Waals surface area contributed by atoms with Gasteiger partial charge in [0.15, 0.2) is 0 Å². The van der Waals surface area contributed by atoms with Crippen LogP contribution in [-0.4, -0.2) is 47.8 Å². The number of benzene rings is 1. The zero-order valence-electron chi connectivity index (χ0n) is 13.0. The number of hydrogen-bond acceptors (Lipinski definition) is 3. The molecule has 1 aromatic carbocycles. The molecule has 0 radical (unpaired) electrons. The molecule has 5 nitrogen and oxygen atoms in total. The number of urea groups is 1. The maximum atomic E-state index is 12.0. The first kappa shape index (κ1) is 15.6. The Labute approximate surface area is 126 Å². The molecule has 1 aliphatic rings. The number of β-amino-alcohol motifs (C(OH)–C–C–N with tert-alkyl or cyclic N) is 1. The molecule has 21 heavy (non-hydrogen) atoms. The third kappa shape index (κ3) is 3.88. The maximum Gasteiger partial charge on any atom is 0.321 e. The molecule has 0 bridgehead atoms. The van der Waals surface area contributed by atoms with E-state index in [1.807, 2.05) is 24.3 Å². The first-order valence-corrected chi connectivity index (χ1v) is 7.62. The van der Waals surface area contributed by atoms with Crippen molar-refractivity contribution in [1.29, 1.82) is 0 Å². The molecule has 1 aliphatic heterocycles. The molecule has 1 saturated heterocycles. The fraction of sp³-hybridized carbons (Fsp3) is 0.562. The Hall–Kier alpha value is -1.75. The van der Waals surface area contributed by atoms with Gasteiger partial charge < -0.3 is 20.2 Å². The van der Waals surface area contributed by atoms with Gasteiger partial charge in [-0.3, -0.25) is 0 Å². The lowest BCUT2D eigenvalue weighted by molar-refractivity contribution is 0.176. The first-order chi connectivity index (χ1) is 10.0. The standard InChI is InChI=1S/C16H25N3O2/c1-4-19(12(2)3)14-7-5-13(6-8-14)17-16(21)18-10-9-15(20)11-18/h5-8,12,15,20H,4,9-11H2,1-3H3,(H,17,21)/t15-/m0/s1. The predicted octanol–water partition coefficient (Wildman–Crippen LogP) is 2.52.